The molecule has 0 radical (unpaired) electrons. The molecule has 1 aliphatic rings. The summed E-state index contributed by atoms with van der Waals surface area (Å²) in [5, 5.41) is 0. The molecule has 0 N–H and O–H groups in total. The van der Waals surface area contributed by atoms with Gasteiger partial charge in [0.15, 0.2) is 0 Å². The lowest BCUT2D eigenvalue weighted by molar-refractivity contribution is 0.179. The lowest BCUT2D eigenvalue weighted by Crippen LogP contribution is -2.33. The van der Waals surface area contributed by atoms with Crippen LogP contribution in [0.4, 0.5) is 0 Å². The number of aryl methyl sites for hydroxylation is 1. The van der Waals surface area contributed by atoms with E-state index in [0.29, 0.717) is 0 Å². The Morgan fingerprint density at radius 3 is 2.64 bits per heavy atom. The highest BCUT2D eigenvalue weighted by Crippen LogP contribution is 2.24. The van der Waals surface area contributed by atoms with Gasteiger partial charge in [0.1, 0.15) is 5.82 Å². The fourth-order valence-corrected chi connectivity index (χ4v) is 3.59. The number of hydrogen-bond acceptors (Lipinski definition) is 2. The van der Waals surface area contributed by atoms with Crippen LogP contribution in [0, 0.1) is 0 Å². The highest BCUT2D eigenvalue weighted by Gasteiger charge is 2.20. The van der Waals surface area contributed by atoms with Crippen LogP contribution < -0.4 is 0 Å². The van der Waals surface area contributed by atoms with Crippen LogP contribution in [-0.4, -0.2) is 27.5 Å². The number of imidazole rings is 1. The van der Waals surface area contributed by atoms with Gasteiger partial charge in [-0.3, -0.25) is 4.90 Å². The predicted octanol–water partition coefficient (Wildman–Crippen LogP) is 4.63. The van der Waals surface area contributed by atoms with Gasteiger partial charge in [0, 0.05) is 12.6 Å². The first-order chi connectivity index (χ1) is 10.3. The van der Waals surface area contributed by atoms with Gasteiger partial charge < -0.3 is 4.57 Å². The van der Waals surface area contributed by atoms with Crippen molar-refractivity contribution in [1.82, 2.24) is 14.5 Å². The molecule has 22 heavy (non-hydrogen) atoms. The third-order valence-electron chi connectivity index (χ3n) is 4.77. The molecule has 1 aromatic carbocycles. The first kappa shape index (κ1) is 17.3. The van der Waals surface area contributed by atoms with Crippen LogP contribution in [-0.2, 0) is 13.1 Å². The second kappa shape index (κ2) is 7.98. The number of hydrogen-bond donors (Lipinski definition) is 0. The van der Waals surface area contributed by atoms with Crippen molar-refractivity contribution in [2.75, 3.05) is 7.05 Å². The molecule has 1 fully saturated rings. The number of nitrogens with zero attached hydrogens (tertiary/aromatic N) is 3. The summed E-state index contributed by atoms with van der Waals surface area (Å²) >= 11 is 0. The van der Waals surface area contributed by atoms with Gasteiger partial charge >= 0.3 is 0 Å². The smallest absolute Gasteiger partial charge is 0.124 e. The van der Waals surface area contributed by atoms with E-state index in [0.717, 1.165) is 31.1 Å². The summed E-state index contributed by atoms with van der Waals surface area (Å²) in [6.07, 6.45) is 8.05. The molecule has 3 nitrogen and oxygen atoms in total. The normalized spacial score (nSPS) is 16.1. The maximum absolute atomic E-state index is 4.89. The number of aromatic nitrogens is 2. The zero-order chi connectivity index (χ0) is 14.7. The fraction of sp³-hybridized carbons (Fsp3) is 0.611. The van der Waals surface area contributed by atoms with Crippen LogP contribution >= 0.6 is 12.4 Å². The van der Waals surface area contributed by atoms with Gasteiger partial charge in [-0.25, -0.2) is 4.98 Å². The molecule has 0 unspecified atom stereocenters. The van der Waals surface area contributed by atoms with Crippen LogP contribution in [0.3, 0.4) is 0 Å². The number of fused-ring (bicyclic) bond motifs is 1. The van der Waals surface area contributed by atoms with Gasteiger partial charge in [-0.2, -0.15) is 0 Å². The second-order valence-electron chi connectivity index (χ2n) is 6.38. The molecular weight excluding hydrogens is 294 g/mol. The molecule has 0 saturated heterocycles. The summed E-state index contributed by atoms with van der Waals surface area (Å²) in [4.78, 5) is 7.41. The Bertz CT molecular complexity index is 587. The maximum atomic E-state index is 4.89. The maximum Gasteiger partial charge on any atom is 0.124 e. The van der Waals surface area contributed by atoms with E-state index >= 15 is 0 Å². The Balaban J connectivity index is 0.00000176. The average molecular weight is 322 g/mol. The molecule has 1 heterocycles. The van der Waals surface area contributed by atoms with E-state index in [-0.39, 0.29) is 12.4 Å². The van der Waals surface area contributed by atoms with Gasteiger partial charge in [0.25, 0.3) is 0 Å². The van der Waals surface area contributed by atoms with Gasteiger partial charge in [0.2, 0.25) is 0 Å². The van der Waals surface area contributed by atoms with Crippen LogP contribution in [0.2, 0.25) is 0 Å². The highest BCUT2D eigenvalue weighted by atomic mass is 35.5. The summed E-state index contributed by atoms with van der Waals surface area (Å²) in [6.45, 7) is 4.27. The lowest BCUT2D eigenvalue weighted by atomic mass is 9.94. The minimum absolute atomic E-state index is 0. The van der Waals surface area contributed by atoms with Crippen LogP contribution in [0.15, 0.2) is 24.3 Å². The van der Waals surface area contributed by atoms with Crippen molar-refractivity contribution in [1.29, 1.82) is 0 Å². The molecule has 1 aliphatic carbocycles. The lowest BCUT2D eigenvalue weighted by Gasteiger charge is -2.31. The van der Waals surface area contributed by atoms with Crippen molar-refractivity contribution in [3.63, 3.8) is 0 Å². The number of benzene rings is 1. The van der Waals surface area contributed by atoms with E-state index in [2.05, 4.69) is 47.7 Å². The molecule has 0 amide bonds. The molecule has 2 aromatic rings. The predicted molar refractivity (Wildman–Crippen MR) is 95.6 cm³/mol. The van der Waals surface area contributed by atoms with Gasteiger partial charge in [-0.05, 0) is 38.4 Å². The monoisotopic (exact) mass is 321 g/mol. The molecule has 1 saturated carbocycles. The highest BCUT2D eigenvalue weighted by molar-refractivity contribution is 5.85. The summed E-state index contributed by atoms with van der Waals surface area (Å²) in [6, 6.07) is 9.27. The number of para-hydroxylation sites is 2. The Morgan fingerprint density at radius 1 is 1.18 bits per heavy atom. The van der Waals surface area contributed by atoms with E-state index in [9.17, 15) is 0 Å². The summed E-state index contributed by atoms with van der Waals surface area (Å²) in [5.74, 6) is 1.23. The van der Waals surface area contributed by atoms with E-state index in [1.54, 1.807) is 0 Å². The van der Waals surface area contributed by atoms with Crippen molar-refractivity contribution in [2.45, 2.75) is 64.6 Å². The Labute approximate surface area is 140 Å². The topological polar surface area (TPSA) is 21.1 Å². The third-order valence-corrected chi connectivity index (χ3v) is 4.77. The Kier molecular flexibility index (Phi) is 6.27. The van der Waals surface area contributed by atoms with Crippen molar-refractivity contribution in [3.05, 3.63) is 30.1 Å². The molecule has 3 rings (SSSR count). The molecule has 0 aliphatic heterocycles. The van der Waals surface area contributed by atoms with Crippen molar-refractivity contribution in [2.24, 2.45) is 0 Å². The first-order valence-corrected chi connectivity index (χ1v) is 8.44. The molecule has 1 aromatic heterocycles. The Morgan fingerprint density at radius 2 is 1.91 bits per heavy atom. The van der Waals surface area contributed by atoms with Crippen LogP contribution in [0.25, 0.3) is 11.0 Å². The minimum Gasteiger partial charge on any atom is -0.327 e. The quantitative estimate of drug-likeness (QED) is 0.800. The molecule has 0 spiro atoms. The summed E-state index contributed by atoms with van der Waals surface area (Å²) in [7, 11) is 2.27. The molecular formula is C18H28ClN3. The minimum atomic E-state index is 0. The largest absolute Gasteiger partial charge is 0.327 e. The zero-order valence-corrected chi connectivity index (χ0v) is 14.6. The summed E-state index contributed by atoms with van der Waals surface area (Å²) < 4.78 is 2.41. The van der Waals surface area contributed by atoms with Gasteiger partial charge in [-0.1, -0.05) is 38.3 Å². The number of rotatable bonds is 5. The SMILES string of the molecule is CCCn1c(CN(C)C2CCCCC2)nc2ccccc21.Cl. The average Bonchev–Trinajstić information content (AvgIpc) is 2.86. The van der Waals surface area contributed by atoms with Crippen LogP contribution in [0.1, 0.15) is 51.3 Å². The van der Waals surface area contributed by atoms with Gasteiger partial charge in [-0.15, -0.1) is 12.4 Å². The number of halogens is 1. The summed E-state index contributed by atoms with van der Waals surface area (Å²) in [5.41, 5.74) is 2.42. The van der Waals surface area contributed by atoms with E-state index < -0.39 is 0 Å². The standard InChI is InChI=1S/C18H27N3.ClH/c1-3-13-21-17-12-8-7-11-16(17)19-18(21)14-20(2)15-9-5-4-6-10-15;/h7-8,11-12,15H,3-6,9-10,13-14H2,1-2H3;1H. The van der Waals surface area contributed by atoms with E-state index in [4.69, 9.17) is 4.98 Å². The van der Waals surface area contributed by atoms with E-state index in [1.165, 1.54) is 43.4 Å². The van der Waals surface area contributed by atoms with Gasteiger partial charge in [0.05, 0.1) is 17.6 Å². The van der Waals surface area contributed by atoms with Crippen molar-refractivity contribution in [3.8, 4) is 0 Å². The van der Waals surface area contributed by atoms with E-state index in [1.807, 2.05) is 0 Å². The Hall–Kier alpha value is -1.06. The molecule has 0 bridgehead atoms. The van der Waals surface area contributed by atoms with Crippen molar-refractivity contribution < 1.29 is 0 Å². The molecule has 4 heteroatoms. The first-order valence-electron chi connectivity index (χ1n) is 8.44. The van der Waals surface area contributed by atoms with Crippen molar-refractivity contribution >= 4 is 23.4 Å². The molecule has 122 valence electrons. The zero-order valence-electron chi connectivity index (χ0n) is 13.8. The fourth-order valence-electron chi connectivity index (χ4n) is 3.59. The second-order valence-corrected chi connectivity index (χ2v) is 6.38. The third kappa shape index (κ3) is 3.64. The van der Waals surface area contributed by atoms with Crippen LogP contribution in [0.5, 0.6) is 0 Å². The molecule has 0 atom stereocenters.